The molecule has 0 radical (unpaired) electrons. The highest BCUT2D eigenvalue weighted by atomic mass is 16.5. The SMILES string of the molecule is C[C@@H](NC(=O)OCC1c2ccccc2-c2ccccc21)C(=O)N1CCC[C@H]1CC(=O)O. The molecule has 2 aromatic carbocycles. The van der Waals surface area contributed by atoms with Gasteiger partial charge in [0.2, 0.25) is 5.91 Å². The van der Waals surface area contributed by atoms with Crippen LogP contribution in [-0.4, -0.2) is 53.2 Å². The first-order valence-corrected chi connectivity index (χ1v) is 10.6. The fraction of sp³-hybridized carbons (Fsp3) is 0.375. The Balaban J connectivity index is 1.36. The maximum Gasteiger partial charge on any atom is 0.407 e. The summed E-state index contributed by atoms with van der Waals surface area (Å²) in [6.07, 6.45) is 0.692. The Kier molecular flexibility index (Phi) is 5.93. The molecule has 31 heavy (non-hydrogen) atoms. The number of hydrogen-bond acceptors (Lipinski definition) is 4. The number of fused-ring (bicyclic) bond motifs is 3. The number of carbonyl (C=O) groups excluding carboxylic acids is 2. The molecule has 2 N–H and O–H groups in total. The second-order valence-electron chi connectivity index (χ2n) is 8.12. The number of nitrogens with one attached hydrogen (secondary N) is 1. The molecule has 7 nitrogen and oxygen atoms in total. The van der Waals surface area contributed by atoms with Gasteiger partial charge in [-0.05, 0) is 42.0 Å². The van der Waals surface area contributed by atoms with Crippen molar-refractivity contribution in [1.82, 2.24) is 10.2 Å². The molecule has 0 bridgehead atoms. The zero-order chi connectivity index (χ0) is 22.0. The number of nitrogens with zero attached hydrogens (tertiary/aromatic N) is 1. The van der Waals surface area contributed by atoms with Crippen LogP contribution < -0.4 is 5.32 Å². The van der Waals surface area contributed by atoms with Gasteiger partial charge in [0, 0.05) is 18.5 Å². The Bertz CT molecular complexity index is 959. The lowest BCUT2D eigenvalue weighted by molar-refractivity contribution is -0.140. The quantitative estimate of drug-likeness (QED) is 0.744. The van der Waals surface area contributed by atoms with E-state index in [2.05, 4.69) is 17.4 Å². The summed E-state index contributed by atoms with van der Waals surface area (Å²) >= 11 is 0. The third kappa shape index (κ3) is 4.26. The molecule has 0 aromatic heterocycles. The number of aliphatic carboxylic acids is 1. The van der Waals surface area contributed by atoms with Crippen LogP contribution in [0.25, 0.3) is 11.1 Å². The fourth-order valence-electron chi connectivity index (χ4n) is 4.67. The van der Waals surface area contributed by atoms with Crippen molar-refractivity contribution in [2.45, 2.75) is 44.2 Å². The van der Waals surface area contributed by atoms with E-state index in [4.69, 9.17) is 9.84 Å². The Hall–Kier alpha value is -3.35. The molecule has 1 aliphatic heterocycles. The number of rotatable bonds is 6. The molecule has 0 unspecified atom stereocenters. The minimum Gasteiger partial charge on any atom is -0.481 e. The second kappa shape index (κ2) is 8.79. The molecule has 0 saturated carbocycles. The van der Waals surface area contributed by atoms with Crippen LogP contribution in [0.5, 0.6) is 0 Å². The minimum absolute atomic E-state index is 0.0531. The molecular weight excluding hydrogens is 396 g/mol. The predicted molar refractivity (Wildman–Crippen MR) is 115 cm³/mol. The van der Waals surface area contributed by atoms with Gasteiger partial charge in [0.1, 0.15) is 12.6 Å². The average molecular weight is 422 g/mol. The smallest absolute Gasteiger partial charge is 0.407 e. The molecule has 2 aromatic rings. The van der Waals surface area contributed by atoms with Crippen LogP contribution in [0.2, 0.25) is 0 Å². The van der Waals surface area contributed by atoms with Crippen LogP contribution in [0, 0.1) is 0 Å². The number of likely N-dealkylation sites (tertiary alicyclic amines) is 1. The van der Waals surface area contributed by atoms with E-state index in [1.54, 1.807) is 11.8 Å². The highest BCUT2D eigenvalue weighted by molar-refractivity contribution is 5.86. The van der Waals surface area contributed by atoms with Crippen molar-refractivity contribution < 1.29 is 24.2 Å². The Morgan fingerprint density at radius 3 is 2.32 bits per heavy atom. The van der Waals surface area contributed by atoms with Crippen LogP contribution in [0.4, 0.5) is 4.79 Å². The summed E-state index contributed by atoms with van der Waals surface area (Å²) < 4.78 is 5.50. The van der Waals surface area contributed by atoms with Crippen LogP contribution >= 0.6 is 0 Å². The van der Waals surface area contributed by atoms with E-state index in [-0.39, 0.29) is 30.9 Å². The predicted octanol–water partition coefficient (Wildman–Crippen LogP) is 3.38. The number of carboxylic acid groups (broad SMARTS) is 1. The van der Waals surface area contributed by atoms with Crippen molar-refractivity contribution in [3.05, 3.63) is 59.7 Å². The third-order valence-electron chi connectivity index (χ3n) is 6.12. The number of alkyl carbamates (subject to hydrolysis) is 1. The maximum absolute atomic E-state index is 12.7. The lowest BCUT2D eigenvalue weighted by Crippen LogP contribution is -2.49. The second-order valence-corrected chi connectivity index (χ2v) is 8.12. The first-order chi connectivity index (χ1) is 15.0. The Morgan fingerprint density at radius 2 is 1.71 bits per heavy atom. The number of ether oxygens (including phenoxy) is 1. The summed E-state index contributed by atoms with van der Waals surface area (Å²) in [4.78, 5) is 37.7. The van der Waals surface area contributed by atoms with Gasteiger partial charge in [-0.3, -0.25) is 9.59 Å². The first-order valence-electron chi connectivity index (χ1n) is 10.6. The van der Waals surface area contributed by atoms with E-state index in [1.807, 2.05) is 36.4 Å². The van der Waals surface area contributed by atoms with Crippen molar-refractivity contribution in [3.63, 3.8) is 0 Å². The van der Waals surface area contributed by atoms with Gasteiger partial charge in [-0.1, -0.05) is 48.5 Å². The summed E-state index contributed by atoms with van der Waals surface area (Å²) in [5, 5.41) is 11.6. The molecule has 1 aliphatic carbocycles. The molecule has 1 heterocycles. The summed E-state index contributed by atoms with van der Waals surface area (Å²) in [5.74, 6) is -1.26. The molecule has 2 aliphatic rings. The van der Waals surface area contributed by atoms with Crippen LogP contribution in [0.1, 0.15) is 43.2 Å². The molecule has 7 heteroatoms. The largest absolute Gasteiger partial charge is 0.481 e. The van der Waals surface area contributed by atoms with Gasteiger partial charge < -0.3 is 20.1 Å². The standard InChI is InChI=1S/C24H26N2O5/c1-15(23(29)26-12-6-7-16(26)13-22(27)28)25-24(30)31-14-21-19-10-4-2-8-17(19)18-9-3-5-11-20(18)21/h2-5,8-11,15-16,21H,6-7,12-14H2,1H3,(H,25,30)(H,27,28)/t15-,16+/m1/s1. The van der Waals surface area contributed by atoms with E-state index in [0.717, 1.165) is 28.7 Å². The van der Waals surface area contributed by atoms with E-state index >= 15 is 0 Å². The van der Waals surface area contributed by atoms with E-state index in [0.29, 0.717) is 13.0 Å². The normalized spacial score (nSPS) is 18.2. The summed E-state index contributed by atoms with van der Waals surface area (Å²) in [5.41, 5.74) is 4.53. The van der Waals surface area contributed by atoms with Crippen molar-refractivity contribution >= 4 is 18.0 Å². The zero-order valence-electron chi connectivity index (χ0n) is 17.4. The van der Waals surface area contributed by atoms with Crippen molar-refractivity contribution in [1.29, 1.82) is 0 Å². The molecular formula is C24H26N2O5. The summed E-state index contributed by atoms with van der Waals surface area (Å²) in [7, 11) is 0. The number of carbonyl (C=O) groups is 3. The van der Waals surface area contributed by atoms with Gasteiger partial charge in [0.25, 0.3) is 0 Å². The highest BCUT2D eigenvalue weighted by Crippen LogP contribution is 2.44. The number of amides is 2. The van der Waals surface area contributed by atoms with Crippen molar-refractivity contribution in [3.8, 4) is 11.1 Å². The van der Waals surface area contributed by atoms with E-state index in [9.17, 15) is 14.4 Å². The monoisotopic (exact) mass is 422 g/mol. The number of hydrogen-bond donors (Lipinski definition) is 2. The van der Waals surface area contributed by atoms with Gasteiger partial charge in [0.05, 0.1) is 6.42 Å². The van der Waals surface area contributed by atoms with Gasteiger partial charge in [-0.15, -0.1) is 0 Å². The van der Waals surface area contributed by atoms with Crippen molar-refractivity contribution in [2.24, 2.45) is 0 Å². The van der Waals surface area contributed by atoms with E-state index < -0.39 is 18.1 Å². The van der Waals surface area contributed by atoms with Gasteiger partial charge in [-0.2, -0.15) is 0 Å². The lowest BCUT2D eigenvalue weighted by Gasteiger charge is -2.27. The van der Waals surface area contributed by atoms with Crippen molar-refractivity contribution in [2.75, 3.05) is 13.2 Å². The molecule has 2 amide bonds. The van der Waals surface area contributed by atoms with Gasteiger partial charge in [-0.25, -0.2) is 4.79 Å². The topological polar surface area (TPSA) is 95.9 Å². The Morgan fingerprint density at radius 1 is 1.10 bits per heavy atom. The average Bonchev–Trinajstić information content (AvgIpc) is 3.33. The summed E-state index contributed by atoms with van der Waals surface area (Å²) in [6.45, 7) is 2.28. The maximum atomic E-state index is 12.7. The van der Waals surface area contributed by atoms with Gasteiger partial charge >= 0.3 is 12.1 Å². The lowest BCUT2D eigenvalue weighted by atomic mass is 9.98. The number of benzene rings is 2. The highest BCUT2D eigenvalue weighted by Gasteiger charge is 2.34. The minimum atomic E-state index is -0.929. The molecule has 4 rings (SSSR count). The molecule has 2 atom stereocenters. The Labute approximate surface area is 181 Å². The van der Waals surface area contributed by atoms with Crippen LogP contribution in [0.3, 0.4) is 0 Å². The third-order valence-corrected chi connectivity index (χ3v) is 6.12. The van der Waals surface area contributed by atoms with Crippen LogP contribution in [-0.2, 0) is 14.3 Å². The van der Waals surface area contributed by atoms with Gasteiger partial charge in [0.15, 0.2) is 0 Å². The molecule has 1 fully saturated rings. The molecule has 162 valence electrons. The van der Waals surface area contributed by atoms with Crippen LogP contribution in [0.15, 0.2) is 48.5 Å². The number of carboxylic acids is 1. The molecule has 1 saturated heterocycles. The molecule has 0 spiro atoms. The zero-order valence-corrected chi connectivity index (χ0v) is 17.4. The summed E-state index contributed by atoms with van der Waals surface area (Å²) in [6, 6.07) is 15.1. The first kappa shape index (κ1) is 20.9. The fourth-order valence-corrected chi connectivity index (χ4v) is 4.67. The van der Waals surface area contributed by atoms with E-state index in [1.165, 1.54) is 0 Å².